The second-order valence-corrected chi connectivity index (χ2v) is 4.53. The van der Waals surface area contributed by atoms with E-state index >= 15 is 0 Å². The molecule has 0 spiro atoms. The summed E-state index contributed by atoms with van der Waals surface area (Å²) >= 11 is 0. The van der Waals surface area contributed by atoms with E-state index in [-0.39, 0.29) is 0 Å². The van der Waals surface area contributed by atoms with E-state index in [1.807, 2.05) is 0 Å². The van der Waals surface area contributed by atoms with Crippen LogP contribution in [0.1, 0.15) is 0 Å². The first-order valence-corrected chi connectivity index (χ1v) is 5.75. The molecule has 96 valence electrons. The first kappa shape index (κ1) is 13.7. The topological polar surface area (TPSA) is 157 Å². The van der Waals surface area contributed by atoms with Crippen molar-refractivity contribution in [2.24, 2.45) is 0 Å². The number of hydrogen-bond donors (Lipinski definition) is 6. The minimum atomic E-state index is -4.66. The molecule has 0 aromatic rings. The minimum absolute atomic E-state index is 0.659. The molecule has 0 aromatic heterocycles. The van der Waals surface area contributed by atoms with Crippen LogP contribution < -0.4 is 4.72 Å². The van der Waals surface area contributed by atoms with Crippen molar-refractivity contribution >= 4 is 10.3 Å². The molecule has 0 bridgehead atoms. The molecule has 5 atom stereocenters. The van der Waals surface area contributed by atoms with Crippen molar-refractivity contribution < 1.29 is 38.1 Å². The predicted molar refractivity (Wildman–Crippen MR) is 48.5 cm³/mol. The summed E-state index contributed by atoms with van der Waals surface area (Å²) in [6.45, 7) is -0.659. The van der Waals surface area contributed by atoms with Gasteiger partial charge in [0.1, 0.15) is 24.4 Å². The molecule has 1 fully saturated rings. The zero-order valence-electron chi connectivity index (χ0n) is 7.96. The van der Waals surface area contributed by atoms with E-state index in [2.05, 4.69) is 4.74 Å². The van der Waals surface area contributed by atoms with Crippen LogP contribution in [0.15, 0.2) is 0 Å². The highest BCUT2D eigenvalue weighted by Gasteiger charge is 2.44. The van der Waals surface area contributed by atoms with Gasteiger partial charge >= 0.3 is 10.3 Å². The second-order valence-electron chi connectivity index (χ2n) is 3.35. The Hall–Kier alpha value is -0.330. The Bertz CT molecular complexity index is 331. The standard InChI is InChI=1S/C6H13NO8S/c8-1-2-4(9)5(10)3(6(11)15-2)7-16(12,13)14/h2-11H,1H2,(H,12,13,14)/t2?,3?,4-,5-,6-/m1/s1. The maximum atomic E-state index is 10.5. The fourth-order valence-corrected chi connectivity index (χ4v) is 2.00. The van der Waals surface area contributed by atoms with E-state index in [1.54, 1.807) is 0 Å². The third kappa shape index (κ3) is 3.09. The highest BCUT2D eigenvalue weighted by Crippen LogP contribution is 2.19. The molecular weight excluding hydrogens is 246 g/mol. The lowest BCUT2D eigenvalue weighted by Crippen LogP contribution is -2.64. The van der Waals surface area contributed by atoms with Gasteiger partial charge < -0.3 is 25.2 Å². The largest absolute Gasteiger partial charge is 0.394 e. The summed E-state index contributed by atoms with van der Waals surface area (Å²) in [5.41, 5.74) is 0. The van der Waals surface area contributed by atoms with Gasteiger partial charge in [-0.3, -0.25) is 4.55 Å². The van der Waals surface area contributed by atoms with Gasteiger partial charge in [-0.05, 0) is 0 Å². The minimum Gasteiger partial charge on any atom is -0.394 e. The summed E-state index contributed by atoms with van der Waals surface area (Å²) < 4.78 is 35.6. The van der Waals surface area contributed by atoms with Gasteiger partial charge in [0, 0.05) is 0 Å². The number of ether oxygens (including phenoxy) is 1. The van der Waals surface area contributed by atoms with Crippen LogP contribution in [0.3, 0.4) is 0 Å². The summed E-state index contributed by atoms with van der Waals surface area (Å²) in [6.07, 6.45) is -6.34. The Morgan fingerprint density at radius 1 is 1.19 bits per heavy atom. The number of rotatable bonds is 3. The molecule has 16 heavy (non-hydrogen) atoms. The summed E-state index contributed by atoms with van der Waals surface area (Å²) in [7, 11) is -4.66. The third-order valence-electron chi connectivity index (χ3n) is 2.19. The first-order valence-electron chi connectivity index (χ1n) is 4.31. The molecule has 10 heteroatoms. The number of hydrogen-bond acceptors (Lipinski definition) is 7. The van der Waals surface area contributed by atoms with E-state index < -0.39 is 47.6 Å². The van der Waals surface area contributed by atoms with Crippen LogP contribution >= 0.6 is 0 Å². The van der Waals surface area contributed by atoms with Crippen LogP contribution in [-0.2, 0) is 15.0 Å². The highest BCUT2D eigenvalue weighted by molar-refractivity contribution is 7.83. The zero-order valence-corrected chi connectivity index (χ0v) is 8.78. The summed E-state index contributed by atoms with van der Waals surface area (Å²) in [5.74, 6) is 0. The van der Waals surface area contributed by atoms with E-state index in [1.165, 1.54) is 4.72 Å². The van der Waals surface area contributed by atoms with Gasteiger partial charge in [0.2, 0.25) is 0 Å². The molecule has 0 radical (unpaired) electrons. The molecule has 9 nitrogen and oxygen atoms in total. The molecule has 1 rings (SSSR count). The molecule has 1 aliphatic heterocycles. The number of aliphatic hydroxyl groups is 4. The molecular formula is C6H13NO8S. The van der Waals surface area contributed by atoms with Crippen LogP contribution in [-0.4, -0.2) is 70.6 Å². The normalized spacial score (nSPS) is 40.9. The average Bonchev–Trinajstić information content (AvgIpc) is 2.17. The molecule has 1 heterocycles. The van der Waals surface area contributed by atoms with Crippen molar-refractivity contribution in [1.29, 1.82) is 0 Å². The maximum Gasteiger partial charge on any atom is 0.333 e. The van der Waals surface area contributed by atoms with Crippen LogP contribution in [0.25, 0.3) is 0 Å². The predicted octanol–water partition coefficient (Wildman–Crippen LogP) is -3.82. The first-order chi connectivity index (χ1) is 7.26. The van der Waals surface area contributed by atoms with E-state index in [9.17, 15) is 23.7 Å². The summed E-state index contributed by atoms with van der Waals surface area (Å²) in [6, 6.07) is -1.62. The van der Waals surface area contributed by atoms with Crippen molar-refractivity contribution in [3.05, 3.63) is 0 Å². The van der Waals surface area contributed by atoms with E-state index in [0.717, 1.165) is 0 Å². The van der Waals surface area contributed by atoms with Crippen molar-refractivity contribution in [2.75, 3.05) is 6.61 Å². The average molecular weight is 259 g/mol. The lowest BCUT2D eigenvalue weighted by molar-refractivity contribution is -0.251. The Morgan fingerprint density at radius 3 is 2.19 bits per heavy atom. The van der Waals surface area contributed by atoms with Crippen LogP contribution in [0.5, 0.6) is 0 Å². The van der Waals surface area contributed by atoms with E-state index in [0.29, 0.717) is 0 Å². The van der Waals surface area contributed by atoms with E-state index in [4.69, 9.17) is 9.66 Å². The van der Waals surface area contributed by atoms with Gasteiger partial charge in [0.25, 0.3) is 0 Å². The fraction of sp³-hybridized carbons (Fsp3) is 1.00. The summed E-state index contributed by atoms with van der Waals surface area (Å²) in [5, 5.41) is 36.8. The van der Waals surface area contributed by atoms with Gasteiger partial charge in [-0.2, -0.15) is 13.1 Å². The molecule has 2 unspecified atom stereocenters. The van der Waals surface area contributed by atoms with Crippen molar-refractivity contribution in [3.63, 3.8) is 0 Å². The Balaban J connectivity index is 2.80. The van der Waals surface area contributed by atoms with Crippen molar-refractivity contribution in [3.8, 4) is 0 Å². The van der Waals surface area contributed by atoms with Crippen LogP contribution in [0.4, 0.5) is 0 Å². The smallest absolute Gasteiger partial charge is 0.333 e. The number of aliphatic hydroxyl groups excluding tert-OH is 4. The Morgan fingerprint density at radius 2 is 1.75 bits per heavy atom. The van der Waals surface area contributed by atoms with Gasteiger partial charge in [-0.15, -0.1) is 0 Å². The lowest BCUT2D eigenvalue weighted by atomic mass is 9.98. The molecule has 0 aromatic carbocycles. The van der Waals surface area contributed by atoms with Crippen LogP contribution in [0.2, 0.25) is 0 Å². The SMILES string of the molecule is O=S(=O)(O)NC1[C@H](O)OC(CO)[C@@H](O)[C@@H]1O. The number of nitrogens with one attached hydrogen (secondary N) is 1. The fourth-order valence-electron chi connectivity index (χ4n) is 1.40. The third-order valence-corrected chi connectivity index (χ3v) is 2.76. The highest BCUT2D eigenvalue weighted by atomic mass is 32.2. The molecule has 1 aliphatic rings. The maximum absolute atomic E-state index is 10.5. The summed E-state index contributed by atoms with van der Waals surface area (Å²) in [4.78, 5) is 0. The van der Waals surface area contributed by atoms with Crippen molar-refractivity contribution in [2.45, 2.75) is 30.6 Å². The lowest BCUT2D eigenvalue weighted by Gasteiger charge is -2.39. The quantitative estimate of drug-likeness (QED) is 0.281. The monoisotopic (exact) mass is 259 g/mol. The van der Waals surface area contributed by atoms with Crippen molar-refractivity contribution in [1.82, 2.24) is 4.72 Å². The van der Waals surface area contributed by atoms with Gasteiger partial charge in [0.05, 0.1) is 6.61 Å². The zero-order chi connectivity index (χ0) is 12.5. The molecule has 0 amide bonds. The molecule has 6 N–H and O–H groups in total. The van der Waals surface area contributed by atoms with Gasteiger partial charge in [-0.1, -0.05) is 0 Å². The molecule has 1 saturated heterocycles. The second kappa shape index (κ2) is 4.89. The molecule has 0 aliphatic carbocycles. The van der Waals surface area contributed by atoms with Gasteiger partial charge in [0.15, 0.2) is 6.29 Å². The molecule has 0 saturated carbocycles. The Kier molecular flexibility index (Phi) is 4.20. The van der Waals surface area contributed by atoms with Gasteiger partial charge in [-0.25, -0.2) is 0 Å². The Labute approximate surface area is 91.2 Å². The van der Waals surface area contributed by atoms with Crippen LogP contribution in [0, 0.1) is 0 Å².